The van der Waals surface area contributed by atoms with E-state index in [2.05, 4.69) is 25.4 Å². The lowest BCUT2D eigenvalue weighted by Crippen LogP contribution is -2.47. The van der Waals surface area contributed by atoms with Crippen molar-refractivity contribution < 1.29 is 9.50 Å². The fraction of sp³-hybridized carbons (Fsp3) is 0.421. The molecule has 0 spiro atoms. The molecule has 2 atom stereocenters. The summed E-state index contributed by atoms with van der Waals surface area (Å²) in [5.74, 6) is 0.585. The number of hydrogen-bond acceptors (Lipinski definition) is 7. The summed E-state index contributed by atoms with van der Waals surface area (Å²) in [6.45, 7) is 5.93. The molecule has 1 aromatic carbocycles. The number of thiophene rings is 1. The number of phenols is 1. The third kappa shape index (κ3) is 3.59. The third-order valence-corrected chi connectivity index (χ3v) is 5.86. The molecule has 0 amide bonds. The van der Waals surface area contributed by atoms with Gasteiger partial charge in [0.15, 0.2) is 0 Å². The minimum Gasteiger partial charge on any atom is -0.507 e. The number of rotatable bonds is 4. The van der Waals surface area contributed by atoms with E-state index in [1.807, 2.05) is 37.4 Å². The van der Waals surface area contributed by atoms with Crippen LogP contribution in [-0.2, 0) is 0 Å². The van der Waals surface area contributed by atoms with E-state index in [1.54, 1.807) is 11.3 Å². The van der Waals surface area contributed by atoms with Crippen molar-refractivity contribution in [3.05, 3.63) is 29.3 Å². The average Bonchev–Trinajstić information content (AvgIpc) is 3.12. The van der Waals surface area contributed by atoms with Crippen LogP contribution < -0.4 is 5.32 Å². The molecule has 3 heterocycles. The van der Waals surface area contributed by atoms with Gasteiger partial charge in [-0.25, -0.2) is 9.37 Å². The summed E-state index contributed by atoms with van der Waals surface area (Å²) in [5.41, 5.74) is 1.83. The molecule has 27 heavy (non-hydrogen) atoms. The molecule has 0 saturated carbocycles. The number of nitrogens with one attached hydrogen (secondary N) is 1. The Kier molecular flexibility index (Phi) is 4.92. The standard InChI is InChI=1S/C19H22FN5OS/c1-3-25-9-12(20)8-13(10-25)22-19-21-11(2)17(23-24-19)15-4-5-16-14(18(15)26)6-7-27-16/h4-7,12-13,26H,3,8-10H2,1-2H3,(H,21,22,24)/t12-,13-/m1/s1. The number of aromatic nitrogens is 3. The summed E-state index contributed by atoms with van der Waals surface area (Å²) in [6.07, 6.45) is -0.408. The van der Waals surface area contributed by atoms with E-state index in [0.717, 1.165) is 23.2 Å². The van der Waals surface area contributed by atoms with Gasteiger partial charge in [-0.2, -0.15) is 0 Å². The fourth-order valence-electron chi connectivity index (χ4n) is 3.60. The molecule has 1 fully saturated rings. The zero-order valence-electron chi connectivity index (χ0n) is 15.3. The van der Waals surface area contributed by atoms with Crippen LogP contribution in [0.5, 0.6) is 5.75 Å². The number of phenolic OH excluding ortho intramolecular Hbond substituents is 1. The van der Waals surface area contributed by atoms with E-state index in [1.165, 1.54) is 0 Å². The number of hydrogen-bond donors (Lipinski definition) is 2. The van der Waals surface area contributed by atoms with Crippen molar-refractivity contribution >= 4 is 27.4 Å². The number of alkyl halides is 1. The Morgan fingerprint density at radius 1 is 1.30 bits per heavy atom. The maximum Gasteiger partial charge on any atom is 0.243 e. The lowest BCUT2D eigenvalue weighted by Gasteiger charge is -2.34. The molecule has 0 bridgehead atoms. The lowest BCUT2D eigenvalue weighted by atomic mass is 10.0. The lowest BCUT2D eigenvalue weighted by molar-refractivity contribution is 0.134. The SMILES string of the molecule is CCN1C[C@H](F)C[C@@H](Nc2nnc(-c3ccc4sccc4c3O)c(C)n2)C1. The highest BCUT2D eigenvalue weighted by molar-refractivity contribution is 7.17. The predicted octanol–water partition coefficient (Wildman–Crippen LogP) is 3.61. The van der Waals surface area contributed by atoms with Crippen LogP contribution in [0.3, 0.4) is 0 Å². The van der Waals surface area contributed by atoms with Gasteiger partial charge in [0.1, 0.15) is 17.6 Å². The zero-order chi connectivity index (χ0) is 19.0. The van der Waals surface area contributed by atoms with Crippen molar-refractivity contribution in [2.24, 2.45) is 0 Å². The Morgan fingerprint density at radius 3 is 2.93 bits per heavy atom. The number of piperidine rings is 1. The van der Waals surface area contributed by atoms with E-state index in [4.69, 9.17) is 0 Å². The second-order valence-corrected chi connectivity index (χ2v) is 7.84. The molecule has 1 aliphatic rings. The number of anilines is 1. The van der Waals surface area contributed by atoms with Gasteiger partial charge in [0.05, 0.1) is 5.69 Å². The summed E-state index contributed by atoms with van der Waals surface area (Å²) in [4.78, 5) is 6.57. The third-order valence-electron chi connectivity index (χ3n) is 4.98. The molecular weight excluding hydrogens is 365 g/mol. The smallest absolute Gasteiger partial charge is 0.243 e. The van der Waals surface area contributed by atoms with Crippen molar-refractivity contribution in [3.63, 3.8) is 0 Å². The van der Waals surface area contributed by atoms with Crippen molar-refractivity contribution in [2.45, 2.75) is 32.5 Å². The van der Waals surface area contributed by atoms with Crippen LogP contribution in [-0.4, -0.2) is 57.0 Å². The van der Waals surface area contributed by atoms with Gasteiger partial charge in [0.2, 0.25) is 5.95 Å². The normalized spacial score (nSPS) is 20.9. The average molecular weight is 387 g/mol. The molecule has 0 radical (unpaired) electrons. The van der Waals surface area contributed by atoms with E-state index in [0.29, 0.717) is 35.9 Å². The van der Waals surface area contributed by atoms with Gasteiger partial charge in [-0.1, -0.05) is 6.92 Å². The maximum absolute atomic E-state index is 13.9. The van der Waals surface area contributed by atoms with Crippen LogP contribution in [0.2, 0.25) is 0 Å². The van der Waals surface area contributed by atoms with Crippen LogP contribution in [0, 0.1) is 6.92 Å². The highest BCUT2D eigenvalue weighted by Crippen LogP contribution is 2.37. The molecule has 0 unspecified atom stereocenters. The van der Waals surface area contributed by atoms with Gasteiger partial charge in [0.25, 0.3) is 0 Å². The number of likely N-dealkylation sites (N-methyl/N-ethyl adjacent to an activating group) is 1. The topological polar surface area (TPSA) is 74.2 Å². The summed E-state index contributed by atoms with van der Waals surface area (Å²) in [5, 5.41) is 25.0. The van der Waals surface area contributed by atoms with Gasteiger partial charge in [0, 0.05) is 41.2 Å². The number of benzene rings is 1. The summed E-state index contributed by atoms with van der Waals surface area (Å²) in [7, 11) is 0. The highest BCUT2D eigenvalue weighted by Gasteiger charge is 2.27. The first-order valence-electron chi connectivity index (χ1n) is 9.09. The molecule has 4 rings (SSSR count). The quantitative estimate of drug-likeness (QED) is 0.712. The predicted molar refractivity (Wildman–Crippen MR) is 106 cm³/mol. The summed E-state index contributed by atoms with van der Waals surface area (Å²) < 4.78 is 14.9. The van der Waals surface area contributed by atoms with Crippen molar-refractivity contribution in [2.75, 3.05) is 25.0 Å². The maximum atomic E-state index is 13.9. The molecule has 1 saturated heterocycles. The molecule has 2 aromatic heterocycles. The number of aryl methyl sites for hydroxylation is 1. The van der Waals surface area contributed by atoms with Gasteiger partial charge < -0.3 is 10.4 Å². The van der Waals surface area contributed by atoms with Crippen LogP contribution in [0.4, 0.5) is 10.3 Å². The molecule has 1 aliphatic heterocycles. The van der Waals surface area contributed by atoms with Crippen molar-refractivity contribution in [1.29, 1.82) is 0 Å². The molecule has 3 aromatic rings. The van der Waals surface area contributed by atoms with Crippen molar-refractivity contribution in [3.8, 4) is 17.0 Å². The van der Waals surface area contributed by atoms with Crippen LogP contribution in [0.25, 0.3) is 21.3 Å². The summed E-state index contributed by atoms with van der Waals surface area (Å²) in [6, 6.07) is 5.65. The number of aromatic hydroxyl groups is 1. The first-order valence-corrected chi connectivity index (χ1v) is 9.97. The van der Waals surface area contributed by atoms with Crippen LogP contribution in [0.1, 0.15) is 19.0 Å². The van der Waals surface area contributed by atoms with Crippen LogP contribution >= 0.6 is 11.3 Å². The Bertz CT molecular complexity index is 962. The first kappa shape index (κ1) is 18.1. The molecule has 0 aliphatic carbocycles. The van der Waals surface area contributed by atoms with Gasteiger partial charge in [-0.3, -0.25) is 4.90 Å². The minimum atomic E-state index is -0.848. The van der Waals surface area contributed by atoms with E-state index in [-0.39, 0.29) is 11.8 Å². The van der Waals surface area contributed by atoms with E-state index < -0.39 is 6.17 Å². The van der Waals surface area contributed by atoms with Crippen LogP contribution in [0.15, 0.2) is 23.6 Å². The molecule has 2 N–H and O–H groups in total. The monoisotopic (exact) mass is 387 g/mol. The number of halogens is 1. The molecular formula is C19H22FN5OS. The van der Waals surface area contributed by atoms with Gasteiger partial charge >= 0.3 is 0 Å². The first-order chi connectivity index (χ1) is 13.0. The summed E-state index contributed by atoms with van der Waals surface area (Å²) >= 11 is 1.58. The Labute approximate surface area is 161 Å². The van der Waals surface area contributed by atoms with E-state index >= 15 is 0 Å². The Morgan fingerprint density at radius 2 is 2.15 bits per heavy atom. The Balaban J connectivity index is 1.58. The highest BCUT2D eigenvalue weighted by atomic mass is 32.1. The van der Waals surface area contributed by atoms with Crippen molar-refractivity contribution in [1.82, 2.24) is 20.1 Å². The van der Waals surface area contributed by atoms with E-state index in [9.17, 15) is 9.50 Å². The Hall–Kier alpha value is -2.32. The largest absolute Gasteiger partial charge is 0.507 e. The fourth-order valence-corrected chi connectivity index (χ4v) is 4.39. The molecule has 6 nitrogen and oxygen atoms in total. The number of nitrogens with zero attached hydrogens (tertiary/aromatic N) is 4. The molecule has 8 heteroatoms. The van der Waals surface area contributed by atoms with Gasteiger partial charge in [-0.05, 0) is 37.0 Å². The zero-order valence-corrected chi connectivity index (χ0v) is 16.1. The second-order valence-electron chi connectivity index (χ2n) is 6.89. The number of likely N-dealkylation sites (tertiary alicyclic amines) is 1. The number of fused-ring (bicyclic) bond motifs is 1. The minimum absolute atomic E-state index is 0.0451. The van der Waals surface area contributed by atoms with Gasteiger partial charge in [-0.15, -0.1) is 21.5 Å². The second kappa shape index (κ2) is 7.36. The molecule has 142 valence electrons.